The highest BCUT2D eigenvalue weighted by Crippen LogP contribution is 1.96. The number of methoxy groups -OCH3 is 1. The van der Waals surface area contributed by atoms with Gasteiger partial charge in [-0.3, -0.25) is 0 Å². The first-order valence-corrected chi connectivity index (χ1v) is 2.98. The number of carbonyl (C=O) groups is 1. The van der Waals surface area contributed by atoms with E-state index in [-0.39, 0.29) is 0 Å². The fourth-order valence-corrected chi connectivity index (χ4v) is 0.527. The molecule has 9 heavy (non-hydrogen) atoms. The van der Waals surface area contributed by atoms with Crippen molar-refractivity contribution >= 4 is 5.97 Å². The molecular formula is C6H12O3. The fourth-order valence-electron chi connectivity index (χ4n) is 0.527. The molecule has 0 aromatic rings. The van der Waals surface area contributed by atoms with Crippen molar-refractivity contribution in [3.8, 4) is 0 Å². The third-order valence-electron chi connectivity index (χ3n) is 1.04. The molecular weight excluding hydrogens is 120 g/mol. The summed E-state index contributed by atoms with van der Waals surface area (Å²) in [6.45, 7) is 1.90. The molecule has 0 bridgehead atoms. The van der Waals surface area contributed by atoms with E-state index in [2.05, 4.69) is 4.74 Å². The van der Waals surface area contributed by atoms with E-state index in [1.807, 2.05) is 6.92 Å². The van der Waals surface area contributed by atoms with Gasteiger partial charge in [0.05, 0.1) is 7.11 Å². The molecule has 1 atom stereocenters. The topological polar surface area (TPSA) is 46.5 Å². The van der Waals surface area contributed by atoms with Gasteiger partial charge in [0.1, 0.15) is 0 Å². The van der Waals surface area contributed by atoms with E-state index in [0.29, 0.717) is 6.42 Å². The largest absolute Gasteiger partial charge is 0.467 e. The van der Waals surface area contributed by atoms with Gasteiger partial charge in [0, 0.05) is 0 Å². The summed E-state index contributed by atoms with van der Waals surface area (Å²) in [6, 6.07) is 0. The SMILES string of the molecule is CCC[C@@H](O)C(=O)OC. The number of esters is 1. The van der Waals surface area contributed by atoms with Gasteiger partial charge >= 0.3 is 5.97 Å². The molecule has 0 aliphatic carbocycles. The summed E-state index contributed by atoms with van der Waals surface area (Å²) in [6.07, 6.45) is 0.336. The summed E-state index contributed by atoms with van der Waals surface area (Å²) in [5, 5.41) is 8.84. The average Bonchev–Trinajstić information content (AvgIpc) is 1.87. The van der Waals surface area contributed by atoms with Gasteiger partial charge in [0.2, 0.25) is 0 Å². The molecule has 0 radical (unpaired) electrons. The molecule has 0 fully saturated rings. The first-order valence-electron chi connectivity index (χ1n) is 2.98. The van der Waals surface area contributed by atoms with Gasteiger partial charge in [-0.15, -0.1) is 0 Å². The summed E-state index contributed by atoms with van der Waals surface area (Å²) in [5.41, 5.74) is 0. The maximum absolute atomic E-state index is 10.4. The van der Waals surface area contributed by atoms with Crippen molar-refractivity contribution in [3.05, 3.63) is 0 Å². The first kappa shape index (κ1) is 8.43. The van der Waals surface area contributed by atoms with Gasteiger partial charge in [-0.1, -0.05) is 13.3 Å². The molecule has 0 aromatic carbocycles. The molecule has 0 rings (SSSR count). The van der Waals surface area contributed by atoms with Crippen LogP contribution >= 0.6 is 0 Å². The van der Waals surface area contributed by atoms with Crippen LogP contribution in [-0.4, -0.2) is 24.3 Å². The van der Waals surface area contributed by atoms with Gasteiger partial charge in [0.25, 0.3) is 0 Å². The Bertz CT molecular complexity index is 90.3. The molecule has 0 aliphatic rings. The van der Waals surface area contributed by atoms with Crippen LogP contribution in [0.2, 0.25) is 0 Å². The lowest BCUT2D eigenvalue weighted by molar-refractivity contribution is -0.150. The predicted molar refractivity (Wildman–Crippen MR) is 32.9 cm³/mol. The highest BCUT2D eigenvalue weighted by Gasteiger charge is 2.12. The van der Waals surface area contributed by atoms with E-state index in [1.165, 1.54) is 7.11 Å². The summed E-state index contributed by atoms with van der Waals surface area (Å²) in [4.78, 5) is 10.4. The second-order valence-corrected chi connectivity index (χ2v) is 1.83. The molecule has 54 valence electrons. The van der Waals surface area contributed by atoms with E-state index in [4.69, 9.17) is 5.11 Å². The Morgan fingerprint density at radius 1 is 1.78 bits per heavy atom. The maximum atomic E-state index is 10.4. The van der Waals surface area contributed by atoms with E-state index in [9.17, 15) is 4.79 Å². The second-order valence-electron chi connectivity index (χ2n) is 1.83. The average molecular weight is 132 g/mol. The summed E-state index contributed by atoms with van der Waals surface area (Å²) >= 11 is 0. The third kappa shape index (κ3) is 3.08. The maximum Gasteiger partial charge on any atom is 0.334 e. The van der Waals surface area contributed by atoms with E-state index >= 15 is 0 Å². The molecule has 0 aliphatic heterocycles. The van der Waals surface area contributed by atoms with E-state index in [1.54, 1.807) is 0 Å². The molecule has 0 heterocycles. The van der Waals surface area contributed by atoms with Crippen LogP contribution in [0.3, 0.4) is 0 Å². The van der Waals surface area contributed by atoms with Crippen molar-refractivity contribution in [1.82, 2.24) is 0 Å². The lowest BCUT2D eigenvalue weighted by Gasteiger charge is -2.04. The van der Waals surface area contributed by atoms with Gasteiger partial charge in [-0.2, -0.15) is 0 Å². The van der Waals surface area contributed by atoms with Crippen LogP contribution in [0.25, 0.3) is 0 Å². The van der Waals surface area contributed by atoms with Gasteiger partial charge in [-0.05, 0) is 6.42 Å². The number of hydrogen-bond donors (Lipinski definition) is 1. The van der Waals surface area contributed by atoms with Gasteiger partial charge < -0.3 is 9.84 Å². The smallest absolute Gasteiger partial charge is 0.334 e. The Labute approximate surface area is 54.6 Å². The number of ether oxygens (including phenoxy) is 1. The van der Waals surface area contributed by atoms with Crippen molar-refractivity contribution < 1.29 is 14.6 Å². The second kappa shape index (κ2) is 4.32. The van der Waals surface area contributed by atoms with E-state index in [0.717, 1.165) is 6.42 Å². The summed E-state index contributed by atoms with van der Waals surface area (Å²) < 4.78 is 4.28. The Hall–Kier alpha value is -0.570. The molecule has 0 saturated carbocycles. The minimum Gasteiger partial charge on any atom is -0.467 e. The Kier molecular flexibility index (Phi) is 4.05. The zero-order valence-electron chi connectivity index (χ0n) is 5.76. The van der Waals surface area contributed by atoms with Crippen LogP contribution in [0, 0.1) is 0 Å². The summed E-state index contributed by atoms with van der Waals surface area (Å²) in [7, 11) is 1.27. The Morgan fingerprint density at radius 2 is 2.33 bits per heavy atom. The number of rotatable bonds is 3. The molecule has 3 heteroatoms. The van der Waals surface area contributed by atoms with Crippen LogP contribution in [-0.2, 0) is 9.53 Å². The number of aliphatic hydroxyl groups is 1. The number of carbonyl (C=O) groups excluding carboxylic acids is 1. The van der Waals surface area contributed by atoms with Gasteiger partial charge in [0.15, 0.2) is 6.10 Å². The zero-order chi connectivity index (χ0) is 7.28. The Balaban J connectivity index is 3.45. The highest BCUT2D eigenvalue weighted by atomic mass is 16.5. The minimum atomic E-state index is -0.931. The molecule has 0 unspecified atom stereocenters. The van der Waals surface area contributed by atoms with Crippen molar-refractivity contribution in [2.45, 2.75) is 25.9 Å². The lowest BCUT2D eigenvalue weighted by atomic mass is 10.2. The molecule has 3 nitrogen and oxygen atoms in total. The lowest BCUT2D eigenvalue weighted by Crippen LogP contribution is -2.20. The molecule has 0 aromatic heterocycles. The monoisotopic (exact) mass is 132 g/mol. The van der Waals surface area contributed by atoms with Crippen LogP contribution in [0.15, 0.2) is 0 Å². The number of aliphatic hydroxyl groups excluding tert-OH is 1. The highest BCUT2D eigenvalue weighted by molar-refractivity contribution is 5.73. The molecule has 0 amide bonds. The normalized spacial score (nSPS) is 12.8. The summed E-state index contributed by atoms with van der Waals surface area (Å²) in [5.74, 6) is -0.545. The fraction of sp³-hybridized carbons (Fsp3) is 0.833. The van der Waals surface area contributed by atoms with Crippen LogP contribution in [0.5, 0.6) is 0 Å². The molecule has 1 N–H and O–H groups in total. The Morgan fingerprint density at radius 3 is 2.67 bits per heavy atom. The standard InChI is InChI=1S/C6H12O3/c1-3-4-5(7)6(8)9-2/h5,7H,3-4H2,1-2H3/t5-/m1/s1. The zero-order valence-corrected chi connectivity index (χ0v) is 5.76. The van der Waals surface area contributed by atoms with Crippen LogP contribution in [0.1, 0.15) is 19.8 Å². The van der Waals surface area contributed by atoms with Crippen molar-refractivity contribution in [2.75, 3.05) is 7.11 Å². The molecule has 0 spiro atoms. The molecule has 0 saturated heterocycles. The van der Waals surface area contributed by atoms with Crippen molar-refractivity contribution in [1.29, 1.82) is 0 Å². The minimum absolute atomic E-state index is 0.479. The predicted octanol–water partition coefficient (Wildman–Crippen LogP) is 0.320. The first-order chi connectivity index (χ1) is 4.22. The quantitative estimate of drug-likeness (QED) is 0.562. The van der Waals surface area contributed by atoms with Crippen molar-refractivity contribution in [2.24, 2.45) is 0 Å². The van der Waals surface area contributed by atoms with Gasteiger partial charge in [-0.25, -0.2) is 4.79 Å². The van der Waals surface area contributed by atoms with Crippen LogP contribution < -0.4 is 0 Å². The third-order valence-corrected chi connectivity index (χ3v) is 1.04. The van der Waals surface area contributed by atoms with E-state index < -0.39 is 12.1 Å². The van der Waals surface area contributed by atoms with Crippen LogP contribution in [0.4, 0.5) is 0 Å². The number of hydrogen-bond acceptors (Lipinski definition) is 3. The van der Waals surface area contributed by atoms with Crippen molar-refractivity contribution in [3.63, 3.8) is 0 Å².